The lowest BCUT2D eigenvalue weighted by molar-refractivity contribution is -0.604. The van der Waals surface area contributed by atoms with Crippen LogP contribution in [0.5, 0.6) is 5.75 Å². The van der Waals surface area contributed by atoms with Crippen LogP contribution in [0.1, 0.15) is 48.5 Å². The van der Waals surface area contributed by atoms with Gasteiger partial charge in [0.2, 0.25) is 11.8 Å². The second-order valence-corrected chi connectivity index (χ2v) is 8.63. The van der Waals surface area contributed by atoms with Crippen LogP contribution >= 0.6 is 0 Å². The van der Waals surface area contributed by atoms with Crippen molar-refractivity contribution in [3.05, 3.63) is 65.0 Å². The smallest absolute Gasteiger partial charge is 0.342 e. The zero-order valence-corrected chi connectivity index (χ0v) is 21.5. The summed E-state index contributed by atoms with van der Waals surface area (Å²) in [6.07, 6.45) is 6.35. The van der Waals surface area contributed by atoms with Gasteiger partial charge in [0, 0.05) is 25.8 Å². The van der Waals surface area contributed by atoms with E-state index in [1.54, 1.807) is 13.2 Å². The summed E-state index contributed by atoms with van der Waals surface area (Å²) in [7, 11) is 1.67. The maximum atomic E-state index is 12.8. The number of rotatable bonds is 3. The van der Waals surface area contributed by atoms with Crippen molar-refractivity contribution in [3.8, 4) is 22.7 Å². The van der Waals surface area contributed by atoms with E-state index in [0.29, 0.717) is 11.0 Å². The fourth-order valence-corrected chi connectivity index (χ4v) is 5.00. The lowest BCUT2D eigenvalue weighted by Crippen LogP contribution is -3.00. The van der Waals surface area contributed by atoms with E-state index in [9.17, 15) is 14.4 Å². The number of fused-ring (bicyclic) bond motifs is 2. The number of hydrogen-bond donors (Lipinski definition) is 0. The Kier molecular flexibility index (Phi) is 6.80. The Morgan fingerprint density at radius 1 is 0.943 bits per heavy atom. The number of halogens is 1. The van der Waals surface area contributed by atoms with Gasteiger partial charge in [-0.3, -0.25) is 9.59 Å². The molecule has 5 rings (SSSR count). The van der Waals surface area contributed by atoms with Gasteiger partial charge in [-0.05, 0) is 49.6 Å². The molecule has 0 bridgehead atoms. The van der Waals surface area contributed by atoms with Gasteiger partial charge in [0.25, 0.3) is 5.82 Å². The summed E-state index contributed by atoms with van der Waals surface area (Å²) in [4.78, 5) is 37.3. The molecule has 0 fully saturated rings. The van der Waals surface area contributed by atoms with Crippen molar-refractivity contribution in [3.63, 3.8) is 0 Å². The highest BCUT2D eigenvalue weighted by Gasteiger charge is 2.29. The molecule has 0 saturated carbocycles. The number of methoxy groups -OCH3 is 1. The molecule has 0 N–H and O–H groups in total. The van der Waals surface area contributed by atoms with Crippen LogP contribution in [0.15, 0.2) is 53.5 Å². The Morgan fingerprint density at radius 2 is 1.66 bits per heavy atom. The van der Waals surface area contributed by atoms with Gasteiger partial charge in [0.15, 0.2) is 17.1 Å². The zero-order chi connectivity index (χ0) is 24.0. The zero-order valence-electron chi connectivity index (χ0n) is 20.0. The number of imidazole rings is 2. The van der Waals surface area contributed by atoms with E-state index in [2.05, 4.69) is 15.3 Å². The molecule has 2 aromatic carbocycles. The van der Waals surface area contributed by atoms with Gasteiger partial charge < -0.3 is 21.7 Å². The van der Waals surface area contributed by atoms with Crippen molar-refractivity contribution in [2.24, 2.45) is 0 Å². The molecule has 182 valence electrons. The molecular formula is C26H27BrN4O4. The number of aromatic nitrogens is 4. The number of para-hydroxylation sites is 2. The van der Waals surface area contributed by atoms with Crippen molar-refractivity contribution < 1.29 is 35.9 Å². The first-order chi connectivity index (χ1) is 16.4. The molecule has 1 aliphatic rings. The summed E-state index contributed by atoms with van der Waals surface area (Å²) < 4.78 is 12.3. The quantitative estimate of drug-likeness (QED) is 0.358. The summed E-state index contributed by atoms with van der Waals surface area (Å²) in [5, 5.41) is 0. The summed E-state index contributed by atoms with van der Waals surface area (Å²) in [5.74, 6) is 1.12. The minimum Gasteiger partial charge on any atom is -1.00 e. The van der Waals surface area contributed by atoms with E-state index >= 15 is 0 Å². The number of carbonyl (C=O) groups excluding carboxylic acids is 2. The molecule has 0 spiro atoms. The van der Waals surface area contributed by atoms with Crippen LogP contribution in [0.2, 0.25) is 0 Å². The minimum atomic E-state index is -0.634. The number of hydrogen-bond acceptors (Lipinski definition) is 4. The third-order valence-corrected chi connectivity index (χ3v) is 6.52. The molecule has 0 atom stereocenters. The van der Waals surface area contributed by atoms with Gasteiger partial charge in [0.1, 0.15) is 6.20 Å². The molecule has 4 aromatic rings. The number of ether oxygens (including phenoxy) is 1. The Hall–Kier alpha value is -3.46. The number of nitrogens with zero attached hydrogens (tertiary/aromatic N) is 4. The van der Waals surface area contributed by atoms with Crippen LogP contribution in [0.3, 0.4) is 0 Å². The topological polar surface area (TPSA) is 79.1 Å². The van der Waals surface area contributed by atoms with Gasteiger partial charge in [-0.1, -0.05) is 12.1 Å². The van der Waals surface area contributed by atoms with Crippen LogP contribution in [0, 0.1) is 0 Å². The van der Waals surface area contributed by atoms with Crippen molar-refractivity contribution in [2.45, 2.75) is 46.1 Å². The van der Waals surface area contributed by atoms with E-state index in [1.807, 2.05) is 36.4 Å². The monoisotopic (exact) mass is 538 g/mol. The van der Waals surface area contributed by atoms with E-state index in [4.69, 9.17) is 4.74 Å². The molecule has 0 radical (unpaired) electrons. The van der Waals surface area contributed by atoms with Crippen LogP contribution < -0.4 is 32.0 Å². The highest BCUT2D eigenvalue weighted by Crippen LogP contribution is 2.29. The first kappa shape index (κ1) is 24.7. The predicted octanol–water partition coefficient (Wildman–Crippen LogP) is 0.607. The highest BCUT2D eigenvalue weighted by molar-refractivity contribution is 5.96. The first-order valence-electron chi connectivity index (χ1n) is 11.5. The van der Waals surface area contributed by atoms with Crippen LogP contribution in [-0.4, -0.2) is 32.6 Å². The first-order valence-corrected chi connectivity index (χ1v) is 11.5. The standard InChI is InChI=1S/C26H27N4O4.BrH/c1-17(31)29-20-13-12-19(15-22(20)30(18(2)32)26(29)33)23-16-28(21-9-6-7-10-24(21)34-3)25-11-5-4-8-14-27(23)25;/h6-7,9-10,12-13,15-16H,4-5,8,11,14H2,1-3H3;1H/q+1;/p-1. The van der Waals surface area contributed by atoms with Gasteiger partial charge in [-0.2, -0.15) is 4.57 Å². The molecule has 3 heterocycles. The van der Waals surface area contributed by atoms with Crippen molar-refractivity contribution in [2.75, 3.05) is 7.11 Å². The van der Waals surface area contributed by atoms with Crippen molar-refractivity contribution >= 4 is 22.8 Å². The van der Waals surface area contributed by atoms with E-state index in [-0.39, 0.29) is 17.0 Å². The number of benzene rings is 2. The lowest BCUT2D eigenvalue weighted by atomic mass is 10.1. The Balaban J connectivity index is 0.00000289. The minimum absolute atomic E-state index is 0. The van der Waals surface area contributed by atoms with E-state index in [1.165, 1.54) is 19.7 Å². The average molecular weight is 539 g/mol. The highest BCUT2D eigenvalue weighted by atomic mass is 79.9. The van der Waals surface area contributed by atoms with Crippen molar-refractivity contribution in [1.82, 2.24) is 13.7 Å². The molecule has 0 saturated heterocycles. The van der Waals surface area contributed by atoms with Crippen molar-refractivity contribution in [1.29, 1.82) is 0 Å². The van der Waals surface area contributed by atoms with Gasteiger partial charge in [-0.15, -0.1) is 0 Å². The molecule has 1 aliphatic heterocycles. The maximum Gasteiger partial charge on any atom is 0.342 e. The molecule has 0 aliphatic carbocycles. The fraction of sp³-hybridized carbons (Fsp3) is 0.308. The van der Waals surface area contributed by atoms with Crippen LogP contribution in [0.25, 0.3) is 28.0 Å². The molecule has 9 heteroatoms. The molecule has 0 unspecified atom stereocenters. The van der Waals surface area contributed by atoms with Gasteiger partial charge in [-0.25, -0.2) is 18.5 Å². The molecular weight excluding hydrogens is 512 g/mol. The summed E-state index contributed by atoms with van der Waals surface area (Å²) >= 11 is 0. The second kappa shape index (κ2) is 9.65. The summed E-state index contributed by atoms with van der Waals surface area (Å²) in [6.45, 7) is 3.53. The summed E-state index contributed by atoms with van der Waals surface area (Å²) in [6, 6.07) is 13.4. The maximum absolute atomic E-state index is 12.8. The van der Waals surface area contributed by atoms with E-state index in [0.717, 1.165) is 64.1 Å². The second-order valence-electron chi connectivity index (χ2n) is 8.63. The third-order valence-electron chi connectivity index (χ3n) is 6.52. The van der Waals surface area contributed by atoms with Crippen LogP contribution in [-0.2, 0) is 13.0 Å². The Labute approximate surface area is 213 Å². The molecule has 0 amide bonds. The average Bonchev–Trinajstić information content (AvgIpc) is 3.21. The Morgan fingerprint density at radius 3 is 2.37 bits per heavy atom. The number of carbonyl (C=O) groups is 2. The Bertz CT molecular complexity index is 1510. The van der Waals surface area contributed by atoms with Gasteiger partial charge >= 0.3 is 5.69 Å². The molecule has 2 aromatic heterocycles. The van der Waals surface area contributed by atoms with Crippen LogP contribution in [0.4, 0.5) is 0 Å². The third kappa shape index (κ3) is 4.03. The molecule has 8 nitrogen and oxygen atoms in total. The molecule has 35 heavy (non-hydrogen) atoms. The largest absolute Gasteiger partial charge is 1.00 e. The lowest BCUT2D eigenvalue weighted by Gasteiger charge is -2.06. The predicted molar refractivity (Wildman–Crippen MR) is 128 cm³/mol. The summed E-state index contributed by atoms with van der Waals surface area (Å²) in [5.41, 5.74) is 3.05. The normalized spacial score (nSPS) is 13.1. The van der Waals surface area contributed by atoms with Gasteiger partial charge in [0.05, 0.1) is 24.7 Å². The fourth-order valence-electron chi connectivity index (χ4n) is 5.00. The SMILES string of the molecule is COc1ccccc1-[n+]1cc(-c2ccc3c(c2)n(C(C)=O)c(=O)n3C(C)=O)n2c1CCCCC2.[Br-]. The van der Waals surface area contributed by atoms with E-state index < -0.39 is 17.5 Å².